The third-order valence-electron chi connectivity index (χ3n) is 14.6. The molecule has 10 rings (SSSR count). The molecule has 0 atom stereocenters. The van der Waals surface area contributed by atoms with E-state index in [9.17, 15) is 19.2 Å². The number of fused-ring (bicyclic) bond motifs is 2. The molecule has 16 heteroatoms. The average molecular weight is 1220 g/mol. The van der Waals surface area contributed by atoms with Gasteiger partial charge in [0.15, 0.2) is 0 Å². The Morgan fingerprint density at radius 3 is 1.46 bits per heavy atom. The van der Waals surface area contributed by atoms with Crippen molar-refractivity contribution >= 4 is 94.1 Å². The first-order valence-electron chi connectivity index (χ1n) is 27.6. The van der Waals surface area contributed by atoms with Gasteiger partial charge < -0.3 is 30.4 Å². The lowest BCUT2D eigenvalue weighted by molar-refractivity contribution is 0.101. The molecule has 0 aliphatic carbocycles. The highest BCUT2D eigenvalue weighted by molar-refractivity contribution is 14.1. The number of piperazine rings is 2. The number of aromatic amines is 2. The molecule has 0 spiro atoms. The monoisotopic (exact) mass is 1210 g/mol. The molecule has 0 radical (unpaired) electrons. The van der Waals surface area contributed by atoms with Crippen LogP contribution in [-0.2, 0) is 13.1 Å². The average Bonchev–Trinajstić information content (AvgIpc) is 3.45. The lowest BCUT2D eigenvalue weighted by atomic mass is 10.0. The second-order valence-electron chi connectivity index (χ2n) is 22.5. The highest BCUT2D eigenvalue weighted by Gasteiger charge is 2.18. The normalized spacial score (nSPS) is 14.6. The molecule has 2 aliphatic heterocycles. The summed E-state index contributed by atoms with van der Waals surface area (Å²) in [6.45, 7) is 25.9. The first-order chi connectivity index (χ1) is 38.7. The molecular formula is C65H75IN10O4Si. The fraction of sp³-hybridized carbons (Fsp3) is 0.292. The van der Waals surface area contributed by atoms with Crippen LogP contribution in [0.25, 0.3) is 40.3 Å². The summed E-state index contributed by atoms with van der Waals surface area (Å²) in [6.07, 6.45) is 9.57. The Balaban J connectivity index is 0.000000173. The maximum Gasteiger partial charge on any atom is 0.255 e. The van der Waals surface area contributed by atoms with E-state index in [4.69, 9.17) is 0 Å². The number of benzene rings is 4. The zero-order valence-corrected chi connectivity index (χ0v) is 51.3. The van der Waals surface area contributed by atoms with Crippen LogP contribution in [0, 0.1) is 31.3 Å². The molecule has 14 nitrogen and oxygen atoms in total. The van der Waals surface area contributed by atoms with E-state index in [1.54, 1.807) is 24.5 Å². The number of hydrogen-bond acceptors (Lipinski definition) is 10. The molecule has 2 amide bonds. The molecule has 4 N–H and O–H groups in total. The predicted molar refractivity (Wildman–Crippen MR) is 345 cm³/mol. The fourth-order valence-corrected chi connectivity index (χ4v) is 10.5. The van der Waals surface area contributed by atoms with Crippen molar-refractivity contribution in [1.82, 2.24) is 39.5 Å². The van der Waals surface area contributed by atoms with Crippen LogP contribution in [0.4, 0.5) is 11.4 Å². The summed E-state index contributed by atoms with van der Waals surface area (Å²) in [5.41, 5.74) is 16.4. The Labute approximate surface area is 490 Å². The molecule has 4 aromatic heterocycles. The standard InChI is InChI=1S/C31H33N5O2.C21H26IN3O.C13H16N2OSi/c1-21-4-6-26(18-24(21)7-5-23-17-25-9-11-29(37)34-30(25)32-19-23)31(38)33-28-10-8-27(22(2)16-28)20-36-14-12-35(3)13-15-36;1-15-4-5-17(13-20(15)22)21(26)23-19-7-6-18(16(2)12-19)14-25-10-8-24(3)9-11-25;1-17(2,3)7-6-10-8-11-4-5-12(16)15-13(11)14-9-10/h4-11,16-19H,12-15,20H2,1-3H3,(H,33,38)(H,32,34,37);4-7,12-13H,8-11,14H2,1-3H3,(H,23,26);4-9H,1-3H3,(H,14,15,16)/b7-5+;;. The van der Waals surface area contributed by atoms with Gasteiger partial charge in [0.05, 0.1) is 8.07 Å². The molecule has 420 valence electrons. The topological polar surface area (TPSA) is 163 Å². The smallest absolute Gasteiger partial charge is 0.255 e. The molecule has 2 fully saturated rings. The van der Waals surface area contributed by atoms with Crippen LogP contribution in [0.5, 0.6) is 0 Å². The summed E-state index contributed by atoms with van der Waals surface area (Å²) >= 11 is 2.26. The Morgan fingerprint density at radius 2 is 1.00 bits per heavy atom. The van der Waals surface area contributed by atoms with Gasteiger partial charge >= 0.3 is 0 Å². The molecule has 8 aromatic rings. The van der Waals surface area contributed by atoms with Gasteiger partial charge in [-0.05, 0) is 187 Å². The van der Waals surface area contributed by atoms with E-state index in [2.05, 4.69) is 156 Å². The number of nitrogens with zero attached hydrogens (tertiary/aromatic N) is 6. The summed E-state index contributed by atoms with van der Waals surface area (Å²) in [6, 6.07) is 34.5. The number of halogens is 1. The van der Waals surface area contributed by atoms with Gasteiger partial charge in [0.2, 0.25) is 11.1 Å². The zero-order valence-electron chi connectivity index (χ0n) is 48.1. The minimum Gasteiger partial charge on any atom is -0.322 e. The molecule has 4 aromatic carbocycles. The molecule has 2 saturated heterocycles. The summed E-state index contributed by atoms with van der Waals surface area (Å²) in [5.74, 6) is -0.198. The highest BCUT2D eigenvalue weighted by atomic mass is 127. The van der Waals surface area contributed by atoms with Crippen molar-refractivity contribution < 1.29 is 9.59 Å². The van der Waals surface area contributed by atoms with Crippen LogP contribution in [0.3, 0.4) is 0 Å². The van der Waals surface area contributed by atoms with Crippen molar-refractivity contribution in [2.75, 3.05) is 77.1 Å². The minimum atomic E-state index is -1.18. The van der Waals surface area contributed by atoms with E-state index >= 15 is 0 Å². The van der Waals surface area contributed by atoms with Crippen LogP contribution < -0.4 is 21.8 Å². The van der Waals surface area contributed by atoms with Gasteiger partial charge in [-0.3, -0.25) is 29.0 Å². The number of hydrogen-bond donors (Lipinski definition) is 4. The van der Waals surface area contributed by atoms with Crippen LogP contribution in [0.15, 0.2) is 137 Å². The summed E-state index contributed by atoms with van der Waals surface area (Å²) in [4.78, 5) is 71.9. The summed E-state index contributed by atoms with van der Waals surface area (Å²) in [5, 5.41) is 7.90. The first kappa shape index (κ1) is 59.9. The Morgan fingerprint density at radius 1 is 0.543 bits per heavy atom. The van der Waals surface area contributed by atoms with E-state index in [1.165, 1.54) is 39.9 Å². The van der Waals surface area contributed by atoms with Gasteiger partial charge in [-0.1, -0.05) is 67.8 Å². The van der Waals surface area contributed by atoms with E-state index in [-0.39, 0.29) is 22.9 Å². The van der Waals surface area contributed by atoms with Gasteiger partial charge in [-0.25, -0.2) is 9.97 Å². The second-order valence-corrected chi connectivity index (χ2v) is 28.7. The summed E-state index contributed by atoms with van der Waals surface area (Å²) in [7, 11) is 3.16. The van der Waals surface area contributed by atoms with Crippen molar-refractivity contribution in [2.45, 2.75) is 60.4 Å². The third kappa shape index (κ3) is 17.7. The maximum atomic E-state index is 13.1. The first-order valence-corrected chi connectivity index (χ1v) is 32.2. The van der Waals surface area contributed by atoms with Gasteiger partial charge in [0.1, 0.15) is 11.3 Å². The quantitative estimate of drug-likeness (QED) is 0.0684. The number of aryl methyl sites for hydroxylation is 4. The number of likely N-dealkylation sites (N-methyl/N-ethyl adjacent to an activating group) is 2. The molecule has 81 heavy (non-hydrogen) atoms. The third-order valence-corrected chi connectivity index (χ3v) is 16.9. The Hall–Kier alpha value is -7.19. The molecular weight excluding hydrogens is 1140 g/mol. The number of amides is 2. The van der Waals surface area contributed by atoms with Crippen molar-refractivity contribution in [3.8, 4) is 0 Å². The highest BCUT2D eigenvalue weighted by Crippen LogP contribution is 2.23. The van der Waals surface area contributed by atoms with Crippen molar-refractivity contribution in [3.63, 3.8) is 0 Å². The predicted octanol–water partition coefficient (Wildman–Crippen LogP) is 11.4. The number of carbonyl (C=O) groups is 2. The number of H-pyrrole nitrogens is 2. The molecule has 0 unspecified atom stereocenters. The van der Waals surface area contributed by atoms with Crippen LogP contribution in [-0.4, -0.2) is 126 Å². The van der Waals surface area contributed by atoms with Crippen molar-refractivity contribution in [2.24, 2.45) is 0 Å². The molecule has 6 heterocycles. The van der Waals surface area contributed by atoms with Gasteiger partial charge in [0, 0.05) is 127 Å². The van der Waals surface area contributed by atoms with E-state index in [1.807, 2.05) is 86.7 Å². The van der Waals surface area contributed by atoms with Gasteiger partial charge in [0.25, 0.3) is 11.8 Å². The summed E-state index contributed by atoms with van der Waals surface area (Å²) < 4.78 is 1.11. The number of anilines is 2. The minimum absolute atomic E-state index is 0.0610. The number of rotatable bonds is 12. The largest absolute Gasteiger partial charge is 0.322 e. The molecule has 0 saturated carbocycles. The van der Waals surface area contributed by atoms with Gasteiger partial charge in [-0.15, -0.1) is 0 Å². The number of nitrogens with one attached hydrogen (secondary N) is 4. The number of pyridine rings is 4. The Kier molecular flexibility index (Phi) is 20.4. The number of carbonyl (C=O) groups excluding carboxylic acids is 2. The molecule has 0 bridgehead atoms. The second kappa shape index (κ2) is 27.5. The molecule has 2 aliphatic rings. The van der Waals surface area contributed by atoms with Crippen LogP contribution >= 0.6 is 22.6 Å². The zero-order chi connectivity index (χ0) is 57.8. The van der Waals surface area contributed by atoms with Crippen LogP contribution in [0.1, 0.15) is 70.8 Å². The number of aromatic nitrogens is 4. The van der Waals surface area contributed by atoms with E-state index in [0.29, 0.717) is 22.4 Å². The SMILES string of the molecule is C[Si](C)(C)C=Cc1cnc2[nH]c(=O)ccc2c1.Cc1ccc(C(=O)Nc2ccc(CN3CCN(C)CC3)c(C)c2)cc1/C=C/c1cnc2[nH]c(=O)ccc2c1.Cc1ccc(C(=O)Nc2ccc(CN3CCN(C)CC3)c(C)c2)cc1I. The fourth-order valence-electron chi connectivity index (χ4n) is 9.32. The van der Waals surface area contributed by atoms with E-state index < -0.39 is 8.07 Å². The van der Waals surface area contributed by atoms with Crippen LogP contribution in [0.2, 0.25) is 19.6 Å². The van der Waals surface area contributed by atoms with E-state index in [0.717, 1.165) is 113 Å². The van der Waals surface area contributed by atoms with Crippen molar-refractivity contribution in [3.05, 3.63) is 213 Å². The maximum absolute atomic E-state index is 13.1. The lowest BCUT2D eigenvalue weighted by Gasteiger charge is -2.32. The van der Waals surface area contributed by atoms with Crippen molar-refractivity contribution in [1.29, 1.82) is 0 Å². The van der Waals surface area contributed by atoms with Gasteiger partial charge in [-0.2, -0.15) is 0 Å². The lowest BCUT2D eigenvalue weighted by Crippen LogP contribution is -2.43. The Bertz CT molecular complexity index is 3720.